The third kappa shape index (κ3) is 3.41. The van der Waals surface area contributed by atoms with Crippen molar-refractivity contribution < 1.29 is 0 Å². The second-order valence-corrected chi connectivity index (χ2v) is 4.72. The van der Waals surface area contributed by atoms with Crippen molar-refractivity contribution >= 4 is 17.6 Å². The third-order valence-corrected chi connectivity index (χ3v) is 3.52. The van der Waals surface area contributed by atoms with Gasteiger partial charge in [-0.3, -0.25) is 4.72 Å². The van der Waals surface area contributed by atoms with Crippen molar-refractivity contribution in [2.24, 2.45) is 0 Å². The van der Waals surface area contributed by atoms with Gasteiger partial charge >= 0.3 is 0 Å². The molecule has 82 valence electrons. The molecule has 0 aliphatic carbocycles. The Kier molecular flexibility index (Phi) is 3.88. The molecule has 1 saturated heterocycles. The number of anilines is 1. The minimum atomic E-state index is 0.633. The molecule has 0 unspecified atom stereocenters. The van der Waals surface area contributed by atoms with E-state index in [1.165, 1.54) is 17.7 Å². The summed E-state index contributed by atoms with van der Waals surface area (Å²) in [6.45, 7) is 2.25. The van der Waals surface area contributed by atoms with Crippen LogP contribution in [0.4, 0.5) is 5.69 Å². The Labute approximate surface area is 94.9 Å². The summed E-state index contributed by atoms with van der Waals surface area (Å²) in [6.07, 6.45) is 2.42. The standard InChI is InChI=1S/C11H17N3S/c12-9-1-3-11(4-2-9)15-14-10-5-7-13-8-6-10/h1-4,10,13-14H,5-8,12H2. The van der Waals surface area contributed by atoms with Crippen LogP contribution in [0.1, 0.15) is 12.8 Å². The minimum Gasteiger partial charge on any atom is -0.399 e. The fourth-order valence-corrected chi connectivity index (χ4v) is 2.44. The van der Waals surface area contributed by atoms with E-state index in [-0.39, 0.29) is 0 Å². The van der Waals surface area contributed by atoms with Gasteiger partial charge in [0.05, 0.1) is 0 Å². The molecule has 0 amide bonds. The van der Waals surface area contributed by atoms with Crippen molar-refractivity contribution in [3.63, 3.8) is 0 Å². The molecule has 0 saturated carbocycles. The first-order chi connectivity index (χ1) is 7.34. The highest BCUT2D eigenvalue weighted by Gasteiger charge is 2.11. The number of benzene rings is 1. The van der Waals surface area contributed by atoms with Gasteiger partial charge in [0.1, 0.15) is 0 Å². The number of nitrogens with one attached hydrogen (secondary N) is 2. The number of piperidine rings is 1. The molecule has 2 rings (SSSR count). The SMILES string of the molecule is Nc1ccc(SNC2CCNCC2)cc1. The first-order valence-corrected chi connectivity index (χ1v) is 6.15. The van der Waals surface area contributed by atoms with Crippen LogP contribution in [-0.4, -0.2) is 19.1 Å². The lowest BCUT2D eigenvalue weighted by molar-refractivity contribution is 0.439. The zero-order valence-electron chi connectivity index (χ0n) is 8.70. The van der Waals surface area contributed by atoms with Crippen LogP contribution in [0.15, 0.2) is 29.2 Å². The first kappa shape index (κ1) is 10.8. The van der Waals surface area contributed by atoms with Crippen LogP contribution in [0.25, 0.3) is 0 Å². The fraction of sp³-hybridized carbons (Fsp3) is 0.455. The monoisotopic (exact) mass is 223 g/mol. The van der Waals surface area contributed by atoms with Crippen LogP contribution in [-0.2, 0) is 0 Å². The maximum atomic E-state index is 5.63. The van der Waals surface area contributed by atoms with Crippen molar-refractivity contribution in [3.05, 3.63) is 24.3 Å². The van der Waals surface area contributed by atoms with Gasteiger partial charge in [0, 0.05) is 16.6 Å². The summed E-state index contributed by atoms with van der Waals surface area (Å²) in [5.41, 5.74) is 6.45. The molecule has 1 aromatic carbocycles. The van der Waals surface area contributed by atoms with Crippen molar-refractivity contribution in [2.75, 3.05) is 18.8 Å². The molecule has 0 radical (unpaired) electrons. The third-order valence-electron chi connectivity index (χ3n) is 2.56. The van der Waals surface area contributed by atoms with Gasteiger partial charge in [0.25, 0.3) is 0 Å². The highest BCUT2D eigenvalue weighted by atomic mass is 32.2. The molecule has 4 N–H and O–H groups in total. The Morgan fingerprint density at radius 2 is 1.87 bits per heavy atom. The first-order valence-electron chi connectivity index (χ1n) is 5.33. The van der Waals surface area contributed by atoms with Crippen LogP contribution in [0.5, 0.6) is 0 Å². The van der Waals surface area contributed by atoms with Gasteiger partial charge < -0.3 is 11.1 Å². The molecule has 3 nitrogen and oxygen atoms in total. The van der Waals surface area contributed by atoms with E-state index in [1.54, 1.807) is 11.9 Å². The smallest absolute Gasteiger partial charge is 0.0314 e. The molecule has 1 heterocycles. The molecule has 0 atom stereocenters. The van der Waals surface area contributed by atoms with E-state index >= 15 is 0 Å². The van der Waals surface area contributed by atoms with E-state index in [2.05, 4.69) is 10.0 Å². The van der Waals surface area contributed by atoms with E-state index < -0.39 is 0 Å². The molecule has 1 fully saturated rings. The molecule has 15 heavy (non-hydrogen) atoms. The molecule has 0 bridgehead atoms. The van der Waals surface area contributed by atoms with E-state index in [1.807, 2.05) is 24.3 Å². The Hall–Kier alpha value is -0.710. The van der Waals surface area contributed by atoms with Crippen LogP contribution in [0, 0.1) is 0 Å². The number of nitrogen functional groups attached to an aromatic ring is 1. The lowest BCUT2D eigenvalue weighted by Crippen LogP contribution is -2.37. The molecule has 4 heteroatoms. The van der Waals surface area contributed by atoms with E-state index in [9.17, 15) is 0 Å². The average molecular weight is 223 g/mol. The Morgan fingerprint density at radius 3 is 2.53 bits per heavy atom. The number of rotatable bonds is 3. The van der Waals surface area contributed by atoms with E-state index in [4.69, 9.17) is 5.73 Å². The fourth-order valence-electron chi connectivity index (χ4n) is 1.63. The van der Waals surface area contributed by atoms with Crippen LogP contribution >= 0.6 is 11.9 Å². The maximum Gasteiger partial charge on any atom is 0.0314 e. The quantitative estimate of drug-likeness (QED) is 0.538. The number of nitrogens with two attached hydrogens (primary N) is 1. The van der Waals surface area contributed by atoms with Gasteiger partial charge in [-0.25, -0.2) is 0 Å². The minimum absolute atomic E-state index is 0.633. The van der Waals surface area contributed by atoms with E-state index in [0.29, 0.717) is 6.04 Å². The largest absolute Gasteiger partial charge is 0.399 e. The molecular weight excluding hydrogens is 206 g/mol. The second-order valence-electron chi connectivity index (χ2n) is 3.81. The van der Waals surface area contributed by atoms with Gasteiger partial charge in [-0.15, -0.1) is 0 Å². The Balaban J connectivity index is 1.79. The van der Waals surface area contributed by atoms with Gasteiger partial charge in [-0.2, -0.15) is 0 Å². The molecular formula is C11H17N3S. The average Bonchev–Trinajstić information content (AvgIpc) is 2.30. The summed E-state index contributed by atoms with van der Waals surface area (Å²) in [7, 11) is 0. The predicted octanol–water partition coefficient (Wildman–Crippen LogP) is 1.62. The zero-order valence-corrected chi connectivity index (χ0v) is 9.52. The molecule has 1 aromatic rings. The number of hydrogen-bond acceptors (Lipinski definition) is 4. The van der Waals surface area contributed by atoms with Crippen molar-refractivity contribution in [1.82, 2.24) is 10.0 Å². The Morgan fingerprint density at radius 1 is 1.20 bits per heavy atom. The highest BCUT2D eigenvalue weighted by Crippen LogP contribution is 2.18. The van der Waals surface area contributed by atoms with Gasteiger partial charge in [0.2, 0.25) is 0 Å². The lowest BCUT2D eigenvalue weighted by atomic mass is 10.1. The zero-order chi connectivity index (χ0) is 10.5. The maximum absolute atomic E-state index is 5.63. The van der Waals surface area contributed by atoms with Gasteiger partial charge in [-0.05, 0) is 62.1 Å². The topological polar surface area (TPSA) is 50.1 Å². The Bertz CT molecular complexity index is 293. The summed E-state index contributed by atoms with van der Waals surface area (Å²) in [5, 5.41) is 3.35. The normalized spacial score (nSPS) is 17.9. The summed E-state index contributed by atoms with van der Waals surface area (Å²) in [5.74, 6) is 0. The molecule has 0 aromatic heterocycles. The molecule has 1 aliphatic heterocycles. The summed E-state index contributed by atoms with van der Waals surface area (Å²) >= 11 is 1.70. The van der Waals surface area contributed by atoms with Crippen LogP contribution in [0.3, 0.4) is 0 Å². The second kappa shape index (κ2) is 5.39. The summed E-state index contributed by atoms with van der Waals surface area (Å²) < 4.78 is 3.49. The molecule has 1 aliphatic rings. The lowest BCUT2D eigenvalue weighted by Gasteiger charge is -2.23. The molecule has 0 spiro atoms. The number of hydrogen-bond donors (Lipinski definition) is 3. The van der Waals surface area contributed by atoms with Crippen molar-refractivity contribution in [2.45, 2.75) is 23.8 Å². The van der Waals surface area contributed by atoms with Crippen LogP contribution in [0.2, 0.25) is 0 Å². The van der Waals surface area contributed by atoms with Gasteiger partial charge in [0.15, 0.2) is 0 Å². The van der Waals surface area contributed by atoms with Crippen molar-refractivity contribution in [1.29, 1.82) is 0 Å². The predicted molar refractivity (Wildman–Crippen MR) is 65.7 cm³/mol. The summed E-state index contributed by atoms with van der Waals surface area (Å²) in [6, 6.07) is 8.61. The van der Waals surface area contributed by atoms with Gasteiger partial charge in [-0.1, -0.05) is 0 Å². The summed E-state index contributed by atoms with van der Waals surface area (Å²) in [4.78, 5) is 1.22. The van der Waals surface area contributed by atoms with Crippen LogP contribution < -0.4 is 15.8 Å². The highest BCUT2D eigenvalue weighted by molar-refractivity contribution is 7.97. The van der Waals surface area contributed by atoms with Crippen molar-refractivity contribution in [3.8, 4) is 0 Å². The van der Waals surface area contributed by atoms with E-state index in [0.717, 1.165) is 18.8 Å².